The molecular weight excluding hydrogens is 328 g/mol. The van der Waals surface area contributed by atoms with Crippen LogP contribution in [0.2, 0.25) is 0 Å². The fraction of sp³-hybridized carbons (Fsp3) is 0.158. The largest absolute Gasteiger partial charge is 0.338 e. The first-order chi connectivity index (χ1) is 12.8. The second-order valence-electron chi connectivity index (χ2n) is 6.05. The number of hydrogen-bond donors (Lipinski definition) is 0. The molecule has 7 heteroatoms. The minimum atomic E-state index is 0.554. The summed E-state index contributed by atoms with van der Waals surface area (Å²) >= 11 is 0. The van der Waals surface area contributed by atoms with E-state index in [4.69, 9.17) is 4.52 Å². The predicted octanol–water partition coefficient (Wildman–Crippen LogP) is 2.95. The van der Waals surface area contributed by atoms with E-state index in [2.05, 4.69) is 25.1 Å². The van der Waals surface area contributed by atoms with Crippen LogP contribution in [0.15, 0.2) is 71.8 Å². The molecule has 4 aromatic rings. The highest BCUT2D eigenvalue weighted by Gasteiger charge is 2.12. The van der Waals surface area contributed by atoms with Gasteiger partial charge < -0.3 is 4.52 Å². The molecule has 0 atom stereocenters. The third-order valence-electron chi connectivity index (χ3n) is 3.90. The number of aromatic nitrogens is 5. The van der Waals surface area contributed by atoms with Crippen LogP contribution in [0.3, 0.4) is 0 Å². The first kappa shape index (κ1) is 16.2. The molecule has 0 amide bonds. The van der Waals surface area contributed by atoms with Crippen molar-refractivity contribution in [2.75, 3.05) is 7.05 Å². The fourth-order valence-corrected chi connectivity index (χ4v) is 2.69. The van der Waals surface area contributed by atoms with Crippen LogP contribution in [0.5, 0.6) is 0 Å². The maximum Gasteiger partial charge on any atom is 0.241 e. The maximum atomic E-state index is 5.35. The zero-order valence-electron chi connectivity index (χ0n) is 14.4. The third kappa shape index (κ3) is 3.68. The number of benzene rings is 1. The molecule has 0 aliphatic carbocycles. The maximum absolute atomic E-state index is 5.35. The van der Waals surface area contributed by atoms with Crippen LogP contribution in [-0.4, -0.2) is 36.9 Å². The summed E-state index contributed by atoms with van der Waals surface area (Å²) < 4.78 is 7.22. The molecular formula is C19H18N6O. The molecule has 0 aliphatic heterocycles. The standard InChI is InChI=1S/C19H18N6O/c1-24(12-15-10-21-25(13-15)17-7-3-2-4-8-17)14-18-22-19(23-26-18)16-6-5-9-20-11-16/h2-11,13H,12,14H2,1H3. The average molecular weight is 346 g/mol. The van der Waals surface area contributed by atoms with E-state index in [0.29, 0.717) is 18.3 Å². The molecule has 0 unspecified atom stereocenters. The second-order valence-corrected chi connectivity index (χ2v) is 6.05. The van der Waals surface area contributed by atoms with Crippen molar-refractivity contribution in [1.29, 1.82) is 0 Å². The molecule has 26 heavy (non-hydrogen) atoms. The molecule has 7 nitrogen and oxygen atoms in total. The predicted molar refractivity (Wildman–Crippen MR) is 96.3 cm³/mol. The molecule has 3 heterocycles. The van der Waals surface area contributed by atoms with Crippen molar-refractivity contribution < 1.29 is 4.52 Å². The molecule has 0 spiro atoms. The Morgan fingerprint density at radius 3 is 2.73 bits per heavy atom. The average Bonchev–Trinajstić information content (AvgIpc) is 3.33. The summed E-state index contributed by atoms with van der Waals surface area (Å²) in [4.78, 5) is 10.6. The van der Waals surface area contributed by atoms with Crippen molar-refractivity contribution in [3.63, 3.8) is 0 Å². The highest BCUT2D eigenvalue weighted by atomic mass is 16.5. The van der Waals surface area contributed by atoms with E-state index >= 15 is 0 Å². The lowest BCUT2D eigenvalue weighted by Gasteiger charge is -2.12. The van der Waals surface area contributed by atoms with Crippen LogP contribution in [0.25, 0.3) is 17.1 Å². The SMILES string of the molecule is CN(Cc1cnn(-c2ccccc2)c1)Cc1nc(-c2cccnc2)no1. The summed E-state index contributed by atoms with van der Waals surface area (Å²) in [6.07, 6.45) is 7.34. The van der Waals surface area contributed by atoms with E-state index in [1.807, 2.05) is 66.6 Å². The van der Waals surface area contributed by atoms with Gasteiger partial charge in [0.15, 0.2) is 0 Å². The van der Waals surface area contributed by atoms with Crippen molar-refractivity contribution in [1.82, 2.24) is 29.8 Å². The molecule has 0 aliphatic rings. The topological polar surface area (TPSA) is 72.9 Å². The summed E-state index contributed by atoms with van der Waals surface area (Å²) in [6, 6.07) is 13.8. The Kier molecular flexibility index (Phi) is 4.53. The van der Waals surface area contributed by atoms with Crippen LogP contribution in [0.4, 0.5) is 0 Å². The van der Waals surface area contributed by atoms with Gasteiger partial charge in [-0.15, -0.1) is 0 Å². The fourth-order valence-electron chi connectivity index (χ4n) is 2.69. The van der Waals surface area contributed by atoms with E-state index in [9.17, 15) is 0 Å². The molecule has 0 bridgehead atoms. The quantitative estimate of drug-likeness (QED) is 0.534. The van der Waals surface area contributed by atoms with Crippen LogP contribution in [0.1, 0.15) is 11.5 Å². The van der Waals surface area contributed by atoms with E-state index in [-0.39, 0.29) is 0 Å². The normalized spacial score (nSPS) is 11.2. The Labute approximate surface area is 150 Å². The highest BCUT2D eigenvalue weighted by Crippen LogP contribution is 2.15. The van der Waals surface area contributed by atoms with Gasteiger partial charge in [-0.1, -0.05) is 23.4 Å². The first-order valence-electron chi connectivity index (χ1n) is 8.28. The molecule has 0 saturated heterocycles. The number of hydrogen-bond acceptors (Lipinski definition) is 6. The summed E-state index contributed by atoms with van der Waals surface area (Å²) in [5, 5.41) is 8.44. The van der Waals surface area contributed by atoms with Gasteiger partial charge in [-0.05, 0) is 31.3 Å². The van der Waals surface area contributed by atoms with Crippen LogP contribution in [0, 0.1) is 0 Å². The summed E-state index contributed by atoms with van der Waals surface area (Å²) in [5.74, 6) is 1.13. The molecule has 0 saturated carbocycles. The Bertz CT molecular complexity index is 884. The zero-order chi connectivity index (χ0) is 17.8. The van der Waals surface area contributed by atoms with Crippen molar-refractivity contribution in [3.8, 4) is 17.1 Å². The van der Waals surface area contributed by atoms with Crippen LogP contribution < -0.4 is 0 Å². The molecule has 3 aromatic heterocycles. The van der Waals surface area contributed by atoms with Gasteiger partial charge in [-0.3, -0.25) is 9.88 Å². The monoisotopic (exact) mass is 346 g/mol. The Morgan fingerprint density at radius 2 is 1.92 bits per heavy atom. The number of rotatable bonds is 6. The van der Waals surface area contributed by atoms with E-state index < -0.39 is 0 Å². The van der Waals surface area contributed by atoms with Crippen molar-refractivity contribution >= 4 is 0 Å². The van der Waals surface area contributed by atoms with Crippen LogP contribution >= 0.6 is 0 Å². The molecule has 4 rings (SSSR count). The second kappa shape index (κ2) is 7.28. The van der Waals surface area contributed by atoms with Crippen molar-refractivity contribution in [3.05, 3.63) is 78.7 Å². The number of pyridine rings is 1. The van der Waals surface area contributed by atoms with Gasteiger partial charge in [0.2, 0.25) is 11.7 Å². The zero-order valence-corrected chi connectivity index (χ0v) is 14.4. The lowest BCUT2D eigenvalue weighted by Crippen LogP contribution is -2.17. The lowest BCUT2D eigenvalue weighted by molar-refractivity contribution is 0.261. The minimum absolute atomic E-state index is 0.554. The summed E-state index contributed by atoms with van der Waals surface area (Å²) in [6.45, 7) is 1.29. The summed E-state index contributed by atoms with van der Waals surface area (Å²) in [7, 11) is 2.01. The molecule has 130 valence electrons. The van der Waals surface area contributed by atoms with Crippen LogP contribution in [-0.2, 0) is 13.1 Å². The first-order valence-corrected chi connectivity index (χ1v) is 8.28. The Balaban J connectivity index is 1.40. The van der Waals surface area contributed by atoms with Gasteiger partial charge in [0, 0.05) is 36.3 Å². The molecule has 0 N–H and O–H groups in total. The van der Waals surface area contributed by atoms with Gasteiger partial charge in [-0.25, -0.2) is 4.68 Å². The Morgan fingerprint density at radius 1 is 1.04 bits per heavy atom. The van der Waals surface area contributed by atoms with Crippen molar-refractivity contribution in [2.24, 2.45) is 0 Å². The van der Waals surface area contributed by atoms with Gasteiger partial charge in [0.1, 0.15) is 0 Å². The van der Waals surface area contributed by atoms with E-state index in [1.54, 1.807) is 12.4 Å². The number of para-hydroxylation sites is 1. The van der Waals surface area contributed by atoms with Crippen molar-refractivity contribution in [2.45, 2.75) is 13.1 Å². The number of nitrogens with zero attached hydrogens (tertiary/aromatic N) is 6. The van der Waals surface area contributed by atoms with Gasteiger partial charge in [0.05, 0.1) is 18.4 Å². The Hall–Kier alpha value is -3.32. The third-order valence-corrected chi connectivity index (χ3v) is 3.90. The van der Waals surface area contributed by atoms with Gasteiger partial charge in [0.25, 0.3) is 0 Å². The highest BCUT2D eigenvalue weighted by molar-refractivity contribution is 5.51. The smallest absolute Gasteiger partial charge is 0.241 e. The van der Waals surface area contributed by atoms with E-state index in [0.717, 1.165) is 23.4 Å². The lowest BCUT2D eigenvalue weighted by atomic mass is 10.3. The summed E-state index contributed by atoms with van der Waals surface area (Å²) in [5.41, 5.74) is 3.00. The van der Waals surface area contributed by atoms with Gasteiger partial charge >= 0.3 is 0 Å². The van der Waals surface area contributed by atoms with Gasteiger partial charge in [-0.2, -0.15) is 10.1 Å². The molecule has 0 fully saturated rings. The molecule has 0 radical (unpaired) electrons. The van der Waals surface area contributed by atoms with E-state index in [1.165, 1.54) is 0 Å². The minimum Gasteiger partial charge on any atom is -0.338 e. The molecule has 1 aromatic carbocycles.